The molecule has 7 heteroatoms. The first kappa shape index (κ1) is 16.3. The third kappa shape index (κ3) is 4.05. The topological polar surface area (TPSA) is 72.7 Å². The van der Waals surface area contributed by atoms with Crippen molar-refractivity contribution >= 4 is 21.8 Å². The molecule has 0 aliphatic rings. The minimum atomic E-state index is -0.161. The zero-order chi connectivity index (χ0) is 16.9. The molecule has 0 saturated carbocycles. The SMILES string of the molecule is C[C@H](NC(=O)Cn1nnc(-c2ccc(Br)cc2)n1)c1ccccc1. The molecule has 2 aromatic carbocycles. The Labute approximate surface area is 148 Å². The van der Waals surface area contributed by atoms with Crippen molar-refractivity contribution < 1.29 is 4.79 Å². The van der Waals surface area contributed by atoms with E-state index >= 15 is 0 Å². The lowest BCUT2D eigenvalue weighted by atomic mass is 10.1. The molecule has 0 spiro atoms. The van der Waals surface area contributed by atoms with E-state index in [0.717, 1.165) is 15.6 Å². The summed E-state index contributed by atoms with van der Waals surface area (Å²) in [6.45, 7) is 1.97. The smallest absolute Gasteiger partial charge is 0.244 e. The fourth-order valence-electron chi connectivity index (χ4n) is 2.27. The summed E-state index contributed by atoms with van der Waals surface area (Å²) in [5.41, 5.74) is 1.90. The highest BCUT2D eigenvalue weighted by molar-refractivity contribution is 9.10. The monoisotopic (exact) mass is 385 g/mol. The van der Waals surface area contributed by atoms with Gasteiger partial charge in [-0.05, 0) is 42.0 Å². The molecule has 0 radical (unpaired) electrons. The normalized spacial score (nSPS) is 11.9. The van der Waals surface area contributed by atoms with Gasteiger partial charge in [0.1, 0.15) is 6.54 Å². The maximum absolute atomic E-state index is 12.1. The number of aromatic nitrogens is 4. The number of carbonyl (C=O) groups excluding carboxylic acids is 1. The fourth-order valence-corrected chi connectivity index (χ4v) is 2.53. The van der Waals surface area contributed by atoms with Crippen molar-refractivity contribution in [3.8, 4) is 11.4 Å². The van der Waals surface area contributed by atoms with Gasteiger partial charge in [0, 0.05) is 10.0 Å². The van der Waals surface area contributed by atoms with Gasteiger partial charge in [-0.15, -0.1) is 10.2 Å². The van der Waals surface area contributed by atoms with Crippen LogP contribution >= 0.6 is 15.9 Å². The average Bonchev–Trinajstić information content (AvgIpc) is 3.04. The van der Waals surface area contributed by atoms with E-state index in [1.165, 1.54) is 4.80 Å². The van der Waals surface area contributed by atoms with E-state index in [1.54, 1.807) is 0 Å². The van der Waals surface area contributed by atoms with Crippen molar-refractivity contribution in [2.45, 2.75) is 19.5 Å². The highest BCUT2D eigenvalue weighted by Gasteiger charge is 2.12. The van der Waals surface area contributed by atoms with Crippen molar-refractivity contribution in [1.29, 1.82) is 0 Å². The first-order valence-corrected chi connectivity index (χ1v) is 8.29. The number of tetrazole rings is 1. The van der Waals surface area contributed by atoms with Crippen LogP contribution in [0, 0.1) is 0 Å². The number of rotatable bonds is 5. The molecule has 24 heavy (non-hydrogen) atoms. The van der Waals surface area contributed by atoms with Crippen molar-refractivity contribution in [3.05, 3.63) is 64.6 Å². The van der Waals surface area contributed by atoms with Crippen LogP contribution in [0.15, 0.2) is 59.1 Å². The van der Waals surface area contributed by atoms with Crippen LogP contribution in [-0.2, 0) is 11.3 Å². The number of amides is 1. The highest BCUT2D eigenvalue weighted by Crippen LogP contribution is 2.17. The van der Waals surface area contributed by atoms with Crippen LogP contribution in [0.3, 0.4) is 0 Å². The average molecular weight is 386 g/mol. The minimum absolute atomic E-state index is 0.0285. The van der Waals surface area contributed by atoms with E-state index in [2.05, 4.69) is 36.7 Å². The Morgan fingerprint density at radius 3 is 2.58 bits per heavy atom. The van der Waals surface area contributed by atoms with E-state index < -0.39 is 0 Å². The molecule has 1 amide bonds. The molecule has 1 N–H and O–H groups in total. The maximum atomic E-state index is 12.1. The summed E-state index contributed by atoms with van der Waals surface area (Å²) < 4.78 is 0.980. The second-order valence-corrected chi connectivity index (χ2v) is 6.27. The van der Waals surface area contributed by atoms with Gasteiger partial charge in [-0.25, -0.2) is 0 Å². The van der Waals surface area contributed by atoms with Crippen LogP contribution in [0.5, 0.6) is 0 Å². The van der Waals surface area contributed by atoms with Gasteiger partial charge in [-0.3, -0.25) is 4.79 Å². The molecular formula is C17H16BrN5O. The van der Waals surface area contributed by atoms with Crippen LogP contribution in [0.2, 0.25) is 0 Å². The van der Waals surface area contributed by atoms with E-state index in [1.807, 2.05) is 61.5 Å². The number of carbonyl (C=O) groups is 1. The molecular weight excluding hydrogens is 370 g/mol. The Morgan fingerprint density at radius 1 is 1.17 bits per heavy atom. The van der Waals surface area contributed by atoms with Gasteiger partial charge in [0.2, 0.25) is 11.7 Å². The molecule has 1 atom stereocenters. The van der Waals surface area contributed by atoms with Crippen LogP contribution in [0.1, 0.15) is 18.5 Å². The Hall–Kier alpha value is -2.54. The van der Waals surface area contributed by atoms with E-state index in [0.29, 0.717) is 5.82 Å². The lowest BCUT2D eigenvalue weighted by Crippen LogP contribution is -2.30. The van der Waals surface area contributed by atoms with Gasteiger partial charge in [0.05, 0.1) is 6.04 Å². The van der Waals surface area contributed by atoms with Crippen LogP contribution in [-0.4, -0.2) is 26.1 Å². The summed E-state index contributed by atoms with van der Waals surface area (Å²) in [5.74, 6) is 0.331. The molecule has 0 fully saturated rings. The predicted molar refractivity (Wildman–Crippen MR) is 94.0 cm³/mol. The molecule has 3 aromatic rings. The summed E-state index contributed by atoms with van der Waals surface area (Å²) >= 11 is 3.38. The summed E-state index contributed by atoms with van der Waals surface area (Å²) in [7, 11) is 0. The molecule has 0 bridgehead atoms. The first-order valence-electron chi connectivity index (χ1n) is 7.50. The molecule has 122 valence electrons. The van der Waals surface area contributed by atoms with Crippen LogP contribution in [0.25, 0.3) is 11.4 Å². The molecule has 3 rings (SSSR count). The van der Waals surface area contributed by atoms with Gasteiger partial charge >= 0.3 is 0 Å². The zero-order valence-corrected chi connectivity index (χ0v) is 14.6. The standard InChI is InChI=1S/C17H16BrN5O/c1-12(13-5-3-2-4-6-13)19-16(24)11-23-21-17(20-22-23)14-7-9-15(18)10-8-14/h2-10,12H,11H2,1H3,(H,19,24)/t12-/m0/s1. The Morgan fingerprint density at radius 2 is 1.88 bits per heavy atom. The largest absolute Gasteiger partial charge is 0.348 e. The zero-order valence-electron chi connectivity index (χ0n) is 13.1. The summed E-state index contributed by atoms with van der Waals surface area (Å²) in [5, 5.41) is 15.1. The van der Waals surface area contributed by atoms with Gasteiger partial charge in [0.25, 0.3) is 0 Å². The number of benzene rings is 2. The lowest BCUT2D eigenvalue weighted by molar-refractivity contribution is -0.122. The maximum Gasteiger partial charge on any atom is 0.244 e. The van der Waals surface area contributed by atoms with Crippen LogP contribution in [0.4, 0.5) is 0 Å². The highest BCUT2D eigenvalue weighted by atomic mass is 79.9. The first-order chi connectivity index (χ1) is 11.6. The summed E-state index contributed by atoms with van der Waals surface area (Å²) in [4.78, 5) is 13.4. The Balaban J connectivity index is 1.62. The van der Waals surface area contributed by atoms with E-state index in [-0.39, 0.29) is 18.5 Å². The van der Waals surface area contributed by atoms with Gasteiger partial charge in [0.15, 0.2) is 0 Å². The molecule has 1 heterocycles. The second kappa shape index (κ2) is 7.35. The molecule has 0 aliphatic carbocycles. The van der Waals surface area contributed by atoms with Gasteiger partial charge in [-0.1, -0.05) is 46.3 Å². The molecule has 0 saturated heterocycles. The van der Waals surface area contributed by atoms with Crippen molar-refractivity contribution in [3.63, 3.8) is 0 Å². The number of nitrogens with zero attached hydrogens (tertiary/aromatic N) is 4. The molecule has 0 aliphatic heterocycles. The van der Waals surface area contributed by atoms with E-state index in [9.17, 15) is 4.79 Å². The minimum Gasteiger partial charge on any atom is -0.348 e. The number of hydrogen-bond acceptors (Lipinski definition) is 4. The number of nitrogens with one attached hydrogen (secondary N) is 1. The summed E-state index contributed by atoms with van der Waals surface area (Å²) in [6, 6.07) is 17.3. The molecule has 1 aromatic heterocycles. The summed E-state index contributed by atoms with van der Waals surface area (Å²) in [6.07, 6.45) is 0. The Bertz CT molecular complexity index is 817. The second-order valence-electron chi connectivity index (χ2n) is 5.35. The Kier molecular flexibility index (Phi) is 5.00. The number of halogens is 1. The third-order valence-electron chi connectivity index (χ3n) is 3.52. The quantitative estimate of drug-likeness (QED) is 0.732. The van der Waals surface area contributed by atoms with Crippen molar-refractivity contribution in [2.24, 2.45) is 0 Å². The lowest BCUT2D eigenvalue weighted by Gasteiger charge is -2.13. The predicted octanol–water partition coefficient (Wildman–Crippen LogP) is 2.98. The fraction of sp³-hybridized carbons (Fsp3) is 0.176. The van der Waals surface area contributed by atoms with Gasteiger partial charge in [-0.2, -0.15) is 4.80 Å². The molecule has 6 nitrogen and oxygen atoms in total. The molecule has 0 unspecified atom stereocenters. The van der Waals surface area contributed by atoms with Gasteiger partial charge < -0.3 is 5.32 Å². The third-order valence-corrected chi connectivity index (χ3v) is 4.05. The van der Waals surface area contributed by atoms with E-state index in [4.69, 9.17) is 0 Å². The van der Waals surface area contributed by atoms with Crippen molar-refractivity contribution in [2.75, 3.05) is 0 Å². The number of hydrogen-bond donors (Lipinski definition) is 1. The van der Waals surface area contributed by atoms with Crippen molar-refractivity contribution in [1.82, 2.24) is 25.5 Å². The van der Waals surface area contributed by atoms with Crippen LogP contribution < -0.4 is 5.32 Å².